The predicted molar refractivity (Wildman–Crippen MR) is 95.9 cm³/mol. The molecule has 0 saturated carbocycles. The summed E-state index contributed by atoms with van der Waals surface area (Å²) in [5, 5.41) is 12.5. The summed E-state index contributed by atoms with van der Waals surface area (Å²) < 4.78 is 0. The van der Waals surface area contributed by atoms with E-state index >= 15 is 0 Å². The van der Waals surface area contributed by atoms with Crippen LogP contribution in [-0.2, 0) is 9.59 Å². The van der Waals surface area contributed by atoms with E-state index in [-0.39, 0.29) is 11.9 Å². The van der Waals surface area contributed by atoms with Gasteiger partial charge in [-0.2, -0.15) is 0 Å². The van der Waals surface area contributed by atoms with Crippen LogP contribution < -0.4 is 5.32 Å². The molecular formula is C21H21NO3. The van der Waals surface area contributed by atoms with Crippen LogP contribution in [0.1, 0.15) is 30.0 Å². The van der Waals surface area contributed by atoms with Crippen LogP contribution >= 0.6 is 0 Å². The van der Waals surface area contributed by atoms with Gasteiger partial charge in [0.25, 0.3) is 0 Å². The molecule has 0 bridgehead atoms. The number of aliphatic carboxylic acids is 1. The van der Waals surface area contributed by atoms with Crippen LogP contribution in [-0.4, -0.2) is 17.0 Å². The van der Waals surface area contributed by atoms with Gasteiger partial charge in [0.15, 0.2) is 0 Å². The van der Waals surface area contributed by atoms with Crippen molar-refractivity contribution in [3.63, 3.8) is 0 Å². The summed E-state index contributed by atoms with van der Waals surface area (Å²) in [5.74, 6) is -2.34. The first-order chi connectivity index (χ1) is 12.2. The summed E-state index contributed by atoms with van der Waals surface area (Å²) in [7, 11) is 0. The zero-order valence-corrected chi connectivity index (χ0v) is 13.8. The van der Waals surface area contributed by atoms with Crippen LogP contribution in [0.25, 0.3) is 0 Å². The van der Waals surface area contributed by atoms with Crippen molar-refractivity contribution in [2.75, 3.05) is 0 Å². The molecule has 4 heteroatoms. The van der Waals surface area contributed by atoms with E-state index in [0.29, 0.717) is 12.8 Å². The number of carboxylic acids is 1. The highest BCUT2D eigenvalue weighted by Gasteiger charge is 2.35. The Morgan fingerprint density at radius 2 is 1.32 bits per heavy atom. The monoisotopic (exact) mass is 335 g/mol. The largest absolute Gasteiger partial charge is 0.481 e. The van der Waals surface area contributed by atoms with Crippen molar-refractivity contribution < 1.29 is 14.7 Å². The van der Waals surface area contributed by atoms with Crippen LogP contribution in [0, 0.1) is 11.8 Å². The average molecular weight is 335 g/mol. The van der Waals surface area contributed by atoms with Crippen molar-refractivity contribution in [1.29, 1.82) is 0 Å². The van der Waals surface area contributed by atoms with E-state index in [9.17, 15) is 14.7 Å². The minimum absolute atomic E-state index is 0.213. The molecule has 2 aromatic rings. The molecule has 1 aliphatic carbocycles. The SMILES string of the molecule is O=C(NC(c1ccccc1)c1ccccc1)[C@H]1CC=CC[C@H]1C(=O)O. The van der Waals surface area contributed by atoms with Gasteiger partial charge in [-0.3, -0.25) is 9.59 Å². The van der Waals surface area contributed by atoms with E-state index in [4.69, 9.17) is 0 Å². The van der Waals surface area contributed by atoms with Crippen LogP contribution in [0.4, 0.5) is 0 Å². The van der Waals surface area contributed by atoms with E-state index < -0.39 is 17.8 Å². The number of carbonyl (C=O) groups excluding carboxylic acids is 1. The molecule has 0 aromatic heterocycles. The summed E-state index contributed by atoms with van der Waals surface area (Å²) in [6.45, 7) is 0. The number of allylic oxidation sites excluding steroid dienone is 2. The second-order valence-electron chi connectivity index (χ2n) is 6.26. The first-order valence-electron chi connectivity index (χ1n) is 8.45. The number of carboxylic acid groups (broad SMARTS) is 1. The molecule has 2 atom stereocenters. The van der Waals surface area contributed by atoms with Crippen LogP contribution in [0.15, 0.2) is 72.8 Å². The number of carbonyl (C=O) groups is 2. The van der Waals surface area contributed by atoms with Gasteiger partial charge in [0.1, 0.15) is 0 Å². The lowest BCUT2D eigenvalue weighted by atomic mass is 9.82. The Bertz CT molecular complexity index is 716. The zero-order chi connectivity index (χ0) is 17.6. The second kappa shape index (κ2) is 7.79. The Morgan fingerprint density at radius 1 is 0.840 bits per heavy atom. The number of hydrogen-bond donors (Lipinski definition) is 2. The zero-order valence-electron chi connectivity index (χ0n) is 13.8. The molecular weight excluding hydrogens is 314 g/mol. The molecule has 128 valence electrons. The molecule has 4 nitrogen and oxygen atoms in total. The molecule has 1 amide bonds. The topological polar surface area (TPSA) is 66.4 Å². The predicted octanol–water partition coefficient (Wildman–Crippen LogP) is 3.56. The average Bonchev–Trinajstić information content (AvgIpc) is 2.67. The van der Waals surface area contributed by atoms with Crippen molar-refractivity contribution >= 4 is 11.9 Å². The lowest BCUT2D eigenvalue weighted by Crippen LogP contribution is -2.40. The number of benzene rings is 2. The Balaban J connectivity index is 1.86. The highest BCUT2D eigenvalue weighted by Crippen LogP contribution is 2.28. The van der Waals surface area contributed by atoms with Gasteiger partial charge >= 0.3 is 5.97 Å². The van der Waals surface area contributed by atoms with Crippen LogP contribution in [0.5, 0.6) is 0 Å². The second-order valence-corrected chi connectivity index (χ2v) is 6.26. The van der Waals surface area contributed by atoms with Gasteiger partial charge in [-0.05, 0) is 24.0 Å². The maximum absolute atomic E-state index is 12.9. The highest BCUT2D eigenvalue weighted by atomic mass is 16.4. The number of nitrogens with one attached hydrogen (secondary N) is 1. The fraction of sp³-hybridized carbons (Fsp3) is 0.238. The molecule has 0 unspecified atom stereocenters. The van der Waals surface area contributed by atoms with Gasteiger partial charge in [-0.25, -0.2) is 0 Å². The van der Waals surface area contributed by atoms with Gasteiger partial charge in [-0.1, -0.05) is 72.8 Å². The van der Waals surface area contributed by atoms with Gasteiger partial charge < -0.3 is 10.4 Å². The van der Waals surface area contributed by atoms with Crippen molar-refractivity contribution in [2.24, 2.45) is 11.8 Å². The van der Waals surface area contributed by atoms with E-state index in [1.807, 2.05) is 72.8 Å². The van der Waals surface area contributed by atoms with E-state index in [0.717, 1.165) is 11.1 Å². The van der Waals surface area contributed by atoms with Gasteiger partial charge in [-0.15, -0.1) is 0 Å². The highest BCUT2D eigenvalue weighted by molar-refractivity contribution is 5.85. The molecule has 0 aliphatic heterocycles. The van der Waals surface area contributed by atoms with E-state index in [2.05, 4.69) is 5.32 Å². The Kier molecular flexibility index (Phi) is 5.29. The Morgan fingerprint density at radius 3 is 1.80 bits per heavy atom. The van der Waals surface area contributed by atoms with Gasteiger partial charge in [0, 0.05) is 0 Å². The molecule has 0 heterocycles. The maximum Gasteiger partial charge on any atom is 0.307 e. The van der Waals surface area contributed by atoms with Crippen molar-refractivity contribution in [1.82, 2.24) is 5.32 Å². The fourth-order valence-electron chi connectivity index (χ4n) is 3.28. The molecule has 0 radical (unpaired) electrons. The van der Waals surface area contributed by atoms with Crippen LogP contribution in [0.3, 0.4) is 0 Å². The Hall–Kier alpha value is -2.88. The summed E-state index contributed by atoms with van der Waals surface area (Å²) in [6.07, 6.45) is 4.59. The summed E-state index contributed by atoms with van der Waals surface area (Å²) in [5.41, 5.74) is 1.94. The molecule has 1 aliphatic rings. The number of hydrogen-bond acceptors (Lipinski definition) is 2. The van der Waals surface area contributed by atoms with Crippen molar-refractivity contribution in [2.45, 2.75) is 18.9 Å². The molecule has 25 heavy (non-hydrogen) atoms. The summed E-state index contributed by atoms with van der Waals surface area (Å²) in [4.78, 5) is 24.3. The molecule has 2 aromatic carbocycles. The molecule has 0 fully saturated rings. The number of rotatable bonds is 5. The first kappa shape index (κ1) is 17.0. The molecule has 0 spiro atoms. The summed E-state index contributed by atoms with van der Waals surface area (Å²) in [6, 6.07) is 19.2. The minimum atomic E-state index is -0.916. The molecule has 0 saturated heterocycles. The van der Waals surface area contributed by atoms with Gasteiger partial charge in [0.2, 0.25) is 5.91 Å². The molecule has 2 N–H and O–H groups in total. The smallest absolute Gasteiger partial charge is 0.307 e. The van der Waals surface area contributed by atoms with Crippen molar-refractivity contribution in [3.8, 4) is 0 Å². The molecule has 3 rings (SSSR count). The lowest BCUT2D eigenvalue weighted by Gasteiger charge is -2.27. The third kappa shape index (κ3) is 3.97. The van der Waals surface area contributed by atoms with Crippen LogP contribution in [0.2, 0.25) is 0 Å². The number of amides is 1. The first-order valence-corrected chi connectivity index (χ1v) is 8.45. The Labute approximate surface area is 147 Å². The van der Waals surface area contributed by atoms with Gasteiger partial charge in [0.05, 0.1) is 17.9 Å². The third-order valence-corrected chi connectivity index (χ3v) is 4.64. The quantitative estimate of drug-likeness (QED) is 0.821. The normalized spacial score (nSPS) is 19.6. The lowest BCUT2D eigenvalue weighted by molar-refractivity contribution is -0.147. The maximum atomic E-state index is 12.9. The third-order valence-electron chi connectivity index (χ3n) is 4.64. The standard InChI is InChI=1S/C21H21NO3/c23-20(17-13-7-8-14-18(17)21(24)25)22-19(15-9-3-1-4-10-15)16-11-5-2-6-12-16/h1-12,17-19H,13-14H2,(H,22,23)(H,24,25)/t17-,18+/m0/s1. The van der Waals surface area contributed by atoms with E-state index in [1.54, 1.807) is 0 Å². The minimum Gasteiger partial charge on any atom is -0.481 e. The van der Waals surface area contributed by atoms with E-state index in [1.165, 1.54) is 0 Å². The summed E-state index contributed by atoms with van der Waals surface area (Å²) >= 11 is 0. The fourth-order valence-corrected chi connectivity index (χ4v) is 3.28. The van der Waals surface area contributed by atoms with Crippen molar-refractivity contribution in [3.05, 3.63) is 83.9 Å².